The molecule has 1 aromatic rings. The summed E-state index contributed by atoms with van der Waals surface area (Å²) >= 11 is 0. The van der Waals surface area contributed by atoms with Gasteiger partial charge < -0.3 is 54.2 Å². The van der Waals surface area contributed by atoms with Crippen molar-refractivity contribution in [2.24, 2.45) is 33.3 Å². The summed E-state index contributed by atoms with van der Waals surface area (Å²) in [6, 6.07) is 3.14. The minimum absolute atomic E-state index is 0.0264. The van der Waals surface area contributed by atoms with Crippen molar-refractivity contribution in [3.63, 3.8) is 0 Å². The lowest BCUT2D eigenvalue weighted by molar-refractivity contribution is -0.135. The van der Waals surface area contributed by atoms with E-state index in [2.05, 4.69) is 42.1 Å². The molecule has 52 heavy (non-hydrogen) atoms. The number of carbonyl (C=O) groups excluding carboxylic acids is 6. The molecule has 6 amide bonds. The summed E-state index contributed by atoms with van der Waals surface area (Å²) in [7, 11) is 0. The molecular weight excluding hydrogens is 674 g/mol. The van der Waals surface area contributed by atoms with Crippen LogP contribution in [0.1, 0.15) is 64.9 Å². The second-order valence-corrected chi connectivity index (χ2v) is 13.2. The third kappa shape index (κ3) is 15.4. The van der Waals surface area contributed by atoms with E-state index < -0.39 is 77.9 Å². The molecule has 1 aliphatic heterocycles. The SMILES string of the molecule is CC(C)C[C@@H]1NC(=O)[C@@H](Cc2ccccc2)NC(=O)[C@H](CCN)NC(=O)CCCNC(=O)[C@H]([C@@H](C)O)N=N[C@H](CCN)NC(=O)[C@H](CCN)NC1=O. The molecule has 290 valence electrons. The van der Waals surface area contributed by atoms with Gasteiger partial charge in [-0.25, -0.2) is 0 Å². The Kier molecular flexibility index (Phi) is 19.4. The van der Waals surface area contributed by atoms with Crippen LogP contribution in [0, 0.1) is 5.92 Å². The smallest absolute Gasteiger partial charge is 0.249 e. The highest BCUT2D eigenvalue weighted by Crippen LogP contribution is 2.11. The number of nitrogens with zero attached hydrogens (tertiary/aromatic N) is 2. The van der Waals surface area contributed by atoms with Crippen molar-refractivity contribution in [2.45, 2.75) is 108 Å². The molecule has 1 aliphatic rings. The summed E-state index contributed by atoms with van der Waals surface area (Å²) < 4.78 is 0. The number of nitrogens with one attached hydrogen (secondary N) is 6. The van der Waals surface area contributed by atoms with Gasteiger partial charge in [-0.2, -0.15) is 10.2 Å². The molecule has 0 fully saturated rings. The molecule has 7 atom stereocenters. The molecule has 13 N–H and O–H groups in total. The Morgan fingerprint density at radius 1 is 0.692 bits per heavy atom. The number of hydrogen-bond donors (Lipinski definition) is 10. The van der Waals surface area contributed by atoms with E-state index in [0.717, 1.165) is 5.56 Å². The van der Waals surface area contributed by atoms with Crippen LogP contribution in [0.5, 0.6) is 0 Å². The predicted molar refractivity (Wildman–Crippen MR) is 193 cm³/mol. The summed E-state index contributed by atoms with van der Waals surface area (Å²) in [6.45, 7) is 5.28. The second kappa shape index (κ2) is 23.1. The normalized spacial score (nSPS) is 25.6. The number of aliphatic hydroxyl groups is 1. The highest BCUT2D eigenvalue weighted by atomic mass is 16.3. The Morgan fingerprint density at radius 2 is 1.23 bits per heavy atom. The average Bonchev–Trinajstić information content (AvgIpc) is 3.08. The van der Waals surface area contributed by atoms with Gasteiger partial charge in [0.1, 0.15) is 30.3 Å². The van der Waals surface area contributed by atoms with Gasteiger partial charge in [0, 0.05) is 25.8 Å². The van der Waals surface area contributed by atoms with Crippen molar-refractivity contribution in [2.75, 3.05) is 26.2 Å². The monoisotopic (exact) mass is 731 g/mol. The zero-order chi connectivity index (χ0) is 38.6. The zero-order valence-corrected chi connectivity index (χ0v) is 30.3. The van der Waals surface area contributed by atoms with Crippen LogP contribution < -0.4 is 49.1 Å². The molecule has 18 heteroatoms. The summed E-state index contributed by atoms with van der Waals surface area (Å²) in [5.41, 5.74) is 18.0. The first kappa shape index (κ1) is 43.6. The highest BCUT2D eigenvalue weighted by Gasteiger charge is 2.32. The van der Waals surface area contributed by atoms with Gasteiger partial charge in [-0.1, -0.05) is 44.2 Å². The van der Waals surface area contributed by atoms with E-state index in [0.29, 0.717) is 0 Å². The first-order valence-corrected chi connectivity index (χ1v) is 17.8. The number of carbonyl (C=O) groups is 6. The number of amides is 6. The van der Waals surface area contributed by atoms with Crippen LogP contribution in [0.2, 0.25) is 0 Å². The lowest BCUT2D eigenvalue weighted by Crippen LogP contribution is -2.59. The van der Waals surface area contributed by atoms with E-state index in [-0.39, 0.29) is 77.0 Å². The van der Waals surface area contributed by atoms with Crippen molar-refractivity contribution in [1.29, 1.82) is 0 Å². The number of aliphatic hydroxyl groups excluding tert-OH is 1. The Bertz CT molecular complexity index is 1350. The second-order valence-electron chi connectivity index (χ2n) is 13.2. The molecule has 18 nitrogen and oxygen atoms in total. The van der Waals surface area contributed by atoms with E-state index in [9.17, 15) is 33.9 Å². The number of benzene rings is 1. The summed E-state index contributed by atoms with van der Waals surface area (Å²) in [6.07, 6.45) is -1.66. The van der Waals surface area contributed by atoms with E-state index in [1.165, 1.54) is 6.92 Å². The van der Waals surface area contributed by atoms with Crippen LogP contribution in [-0.4, -0.2) is 109 Å². The molecule has 0 saturated heterocycles. The van der Waals surface area contributed by atoms with Crippen LogP contribution >= 0.6 is 0 Å². The van der Waals surface area contributed by atoms with Gasteiger partial charge in [0.05, 0.1) is 6.10 Å². The largest absolute Gasteiger partial charge is 0.391 e. The third-order valence-corrected chi connectivity index (χ3v) is 8.14. The third-order valence-electron chi connectivity index (χ3n) is 8.14. The van der Waals surface area contributed by atoms with Crippen molar-refractivity contribution in [3.05, 3.63) is 35.9 Å². The maximum atomic E-state index is 13.9. The van der Waals surface area contributed by atoms with Crippen LogP contribution in [0.4, 0.5) is 0 Å². The highest BCUT2D eigenvalue weighted by molar-refractivity contribution is 5.95. The van der Waals surface area contributed by atoms with Crippen molar-refractivity contribution < 1.29 is 33.9 Å². The lowest BCUT2D eigenvalue weighted by Gasteiger charge is -2.27. The predicted octanol–water partition coefficient (Wildman–Crippen LogP) is -2.19. The lowest BCUT2D eigenvalue weighted by atomic mass is 10.00. The molecule has 0 aromatic heterocycles. The summed E-state index contributed by atoms with van der Waals surface area (Å²) in [5.74, 6) is -3.83. The van der Waals surface area contributed by atoms with Crippen LogP contribution in [0.3, 0.4) is 0 Å². The van der Waals surface area contributed by atoms with E-state index >= 15 is 0 Å². The minimum atomic E-state index is -1.34. The van der Waals surface area contributed by atoms with Crippen LogP contribution in [0.25, 0.3) is 0 Å². The van der Waals surface area contributed by atoms with Gasteiger partial charge >= 0.3 is 0 Å². The average molecular weight is 732 g/mol. The summed E-state index contributed by atoms with van der Waals surface area (Å²) in [5, 5.41) is 34.5. The molecule has 1 heterocycles. The molecule has 0 aliphatic carbocycles. The van der Waals surface area contributed by atoms with E-state index in [4.69, 9.17) is 17.2 Å². The molecule has 0 bridgehead atoms. The fraction of sp³-hybridized carbons (Fsp3) is 0.647. The van der Waals surface area contributed by atoms with Crippen LogP contribution in [0.15, 0.2) is 40.6 Å². The maximum Gasteiger partial charge on any atom is 0.249 e. The topological polar surface area (TPSA) is 298 Å². The molecule has 0 spiro atoms. The van der Waals surface area contributed by atoms with Crippen molar-refractivity contribution >= 4 is 35.4 Å². The van der Waals surface area contributed by atoms with Crippen molar-refractivity contribution in [3.8, 4) is 0 Å². The number of hydrogen-bond acceptors (Lipinski definition) is 12. The first-order valence-electron chi connectivity index (χ1n) is 17.8. The fourth-order valence-corrected chi connectivity index (χ4v) is 5.38. The Morgan fingerprint density at radius 3 is 1.83 bits per heavy atom. The van der Waals surface area contributed by atoms with Gasteiger partial charge in [0.25, 0.3) is 0 Å². The number of rotatable bonds is 11. The Labute approximate surface area is 304 Å². The standard InChI is InChI=1S/C34H57N11O7/c1-20(2)18-25-32(50)40-24(12-15-36)31(49)43-27(13-16-37)44-45-29(21(3)46)34(52)38-17-7-10-28(47)39-23(11-14-35)30(48)42-26(33(51)41-25)19-22-8-5-4-6-9-22/h4-6,8-9,20-21,23-27,29,46H,7,10-19,35-37H2,1-3H3,(H,38,52)(H,39,47)(H,40,50)(H,41,51)(H,42,48)(H,43,49)/t21-,23+,24+,25+,26-,27-,29+/m1/s1. The molecular formula is C34H57N11O7. The quantitative estimate of drug-likeness (QED) is 0.117. The van der Waals surface area contributed by atoms with Gasteiger partial charge in [0.15, 0.2) is 6.04 Å². The zero-order valence-electron chi connectivity index (χ0n) is 30.3. The van der Waals surface area contributed by atoms with Crippen molar-refractivity contribution in [1.82, 2.24) is 31.9 Å². The van der Waals surface area contributed by atoms with Gasteiger partial charge in [-0.05, 0) is 63.7 Å². The minimum Gasteiger partial charge on any atom is -0.391 e. The summed E-state index contributed by atoms with van der Waals surface area (Å²) in [4.78, 5) is 80.4. The number of azo groups is 1. The van der Waals surface area contributed by atoms with Gasteiger partial charge in [-0.3, -0.25) is 28.8 Å². The van der Waals surface area contributed by atoms with Gasteiger partial charge in [0.2, 0.25) is 35.4 Å². The Balaban J connectivity index is 2.53. The Hall–Kier alpha value is -4.52. The molecule has 2 rings (SSSR count). The molecule has 0 saturated carbocycles. The van der Waals surface area contributed by atoms with Crippen LogP contribution in [-0.2, 0) is 35.2 Å². The molecule has 0 radical (unpaired) electrons. The van der Waals surface area contributed by atoms with E-state index in [1.807, 2.05) is 19.9 Å². The van der Waals surface area contributed by atoms with Gasteiger partial charge in [-0.15, -0.1) is 0 Å². The maximum absolute atomic E-state index is 13.9. The molecule has 0 unspecified atom stereocenters. The molecule has 1 aromatic carbocycles. The number of nitrogens with two attached hydrogens (primary N) is 3. The van der Waals surface area contributed by atoms with E-state index in [1.54, 1.807) is 24.3 Å². The first-order chi connectivity index (χ1) is 24.8. The fourth-order valence-electron chi connectivity index (χ4n) is 5.38.